The average Bonchev–Trinajstić information content (AvgIpc) is 2.39. The van der Waals surface area contributed by atoms with Crippen molar-refractivity contribution in [2.75, 3.05) is 26.4 Å². The molecule has 0 radical (unpaired) electrons. The van der Waals surface area contributed by atoms with Crippen LogP contribution in [0, 0.1) is 5.92 Å². The monoisotopic (exact) mass is 286 g/mol. The molecule has 0 saturated heterocycles. The van der Waals surface area contributed by atoms with E-state index < -0.39 is 0 Å². The molecule has 0 saturated carbocycles. The smallest absolute Gasteiger partial charge is 0.161 e. The van der Waals surface area contributed by atoms with Crippen LogP contribution in [0.5, 0.6) is 11.5 Å². The molecule has 0 amide bonds. The Labute approximate surface area is 120 Å². The Balaban J connectivity index is 2.47. The van der Waals surface area contributed by atoms with Crippen molar-refractivity contribution in [2.24, 2.45) is 5.92 Å². The standard InChI is InChI=1S/C15H23ClO3/c1-4-18-15-9-13(10-16)5-6-14(15)19-8-7-17-11-12(2)3/h5-6,9,12H,4,7-8,10-11H2,1-3H3. The molecule has 1 aromatic carbocycles. The minimum atomic E-state index is 0.470. The van der Waals surface area contributed by atoms with Crippen LogP contribution >= 0.6 is 11.6 Å². The zero-order valence-electron chi connectivity index (χ0n) is 11.9. The van der Waals surface area contributed by atoms with Crippen LogP contribution < -0.4 is 9.47 Å². The summed E-state index contributed by atoms with van der Waals surface area (Å²) in [5.41, 5.74) is 1.02. The van der Waals surface area contributed by atoms with Gasteiger partial charge in [0.1, 0.15) is 6.61 Å². The summed E-state index contributed by atoms with van der Waals surface area (Å²) in [7, 11) is 0. The Morgan fingerprint density at radius 3 is 2.53 bits per heavy atom. The minimum Gasteiger partial charge on any atom is -0.490 e. The zero-order chi connectivity index (χ0) is 14.1. The Hall–Kier alpha value is -0.930. The van der Waals surface area contributed by atoms with Gasteiger partial charge in [-0.15, -0.1) is 11.6 Å². The molecule has 0 aromatic heterocycles. The maximum absolute atomic E-state index is 5.81. The molecular weight excluding hydrogens is 264 g/mol. The first kappa shape index (κ1) is 16.1. The molecule has 0 aliphatic heterocycles. The Morgan fingerprint density at radius 1 is 1.11 bits per heavy atom. The van der Waals surface area contributed by atoms with E-state index in [9.17, 15) is 0 Å². The van der Waals surface area contributed by atoms with Gasteiger partial charge in [-0.2, -0.15) is 0 Å². The fraction of sp³-hybridized carbons (Fsp3) is 0.600. The minimum absolute atomic E-state index is 0.470. The second kappa shape index (κ2) is 9.05. The van der Waals surface area contributed by atoms with Gasteiger partial charge in [0.15, 0.2) is 11.5 Å². The van der Waals surface area contributed by atoms with Crippen LogP contribution in [0.25, 0.3) is 0 Å². The van der Waals surface area contributed by atoms with Gasteiger partial charge in [0.2, 0.25) is 0 Å². The van der Waals surface area contributed by atoms with Crippen LogP contribution in [0.3, 0.4) is 0 Å². The summed E-state index contributed by atoms with van der Waals surface area (Å²) in [6.45, 7) is 8.66. The van der Waals surface area contributed by atoms with Crippen LogP contribution in [0.1, 0.15) is 26.3 Å². The molecule has 1 rings (SSSR count). The molecule has 0 spiro atoms. The molecule has 19 heavy (non-hydrogen) atoms. The summed E-state index contributed by atoms with van der Waals surface area (Å²) in [5.74, 6) is 2.49. The second-order valence-electron chi connectivity index (χ2n) is 4.66. The van der Waals surface area contributed by atoms with Crippen molar-refractivity contribution in [3.05, 3.63) is 23.8 Å². The molecule has 0 fully saturated rings. The summed E-state index contributed by atoms with van der Waals surface area (Å²) >= 11 is 5.81. The van der Waals surface area contributed by atoms with Crippen molar-refractivity contribution in [1.82, 2.24) is 0 Å². The summed E-state index contributed by atoms with van der Waals surface area (Å²) < 4.78 is 16.7. The zero-order valence-corrected chi connectivity index (χ0v) is 12.7. The Morgan fingerprint density at radius 2 is 1.89 bits per heavy atom. The summed E-state index contributed by atoms with van der Waals surface area (Å²) in [4.78, 5) is 0. The van der Waals surface area contributed by atoms with Gasteiger partial charge >= 0.3 is 0 Å². The summed E-state index contributed by atoms with van der Waals surface area (Å²) in [6.07, 6.45) is 0. The number of hydrogen-bond acceptors (Lipinski definition) is 3. The van der Waals surface area contributed by atoms with E-state index in [1.807, 2.05) is 25.1 Å². The van der Waals surface area contributed by atoms with E-state index in [2.05, 4.69) is 13.8 Å². The normalized spacial score (nSPS) is 10.8. The number of ether oxygens (including phenoxy) is 3. The quantitative estimate of drug-likeness (QED) is 0.509. The van der Waals surface area contributed by atoms with E-state index in [1.165, 1.54) is 0 Å². The van der Waals surface area contributed by atoms with Crippen molar-refractivity contribution >= 4 is 11.6 Å². The molecular formula is C15H23ClO3. The third-order valence-electron chi connectivity index (χ3n) is 2.40. The molecule has 108 valence electrons. The first-order chi connectivity index (χ1) is 9.17. The maximum atomic E-state index is 5.81. The van der Waals surface area contributed by atoms with E-state index in [0.717, 1.165) is 23.7 Å². The van der Waals surface area contributed by atoms with Gasteiger partial charge in [-0.3, -0.25) is 0 Å². The summed E-state index contributed by atoms with van der Waals surface area (Å²) in [6, 6.07) is 5.76. The third-order valence-corrected chi connectivity index (χ3v) is 2.71. The maximum Gasteiger partial charge on any atom is 0.161 e. The predicted molar refractivity (Wildman–Crippen MR) is 78.3 cm³/mol. The largest absolute Gasteiger partial charge is 0.490 e. The number of benzene rings is 1. The highest BCUT2D eigenvalue weighted by molar-refractivity contribution is 6.17. The van der Waals surface area contributed by atoms with Crippen LogP contribution in [-0.2, 0) is 10.6 Å². The molecule has 3 nitrogen and oxygen atoms in total. The van der Waals surface area contributed by atoms with Gasteiger partial charge in [0, 0.05) is 12.5 Å². The Kier molecular flexibility index (Phi) is 7.68. The number of halogens is 1. The molecule has 0 atom stereocenters. The van der Waals surface area contributed by atoms with Crippen molar-refractivity contribution in [1.29, 1.82) is 0 Å². The lowest BCUT2D eigenvalue weighted by atomic mass is 10.2. The number of hydrogen-bond donors (Lipinski definition) is 0. The third kappa shape index (κ3) is 6.17. The molecule has 0 N–H and O–H groups in total. The lowest BCUT2D eigenvalue weighted by Crippen LogP contribution is -2.10. The SMILES string of the molecule is CCOc1cc(CCl)ccc1OCCOCC(C)C. The summed E-state index contributed by atoms with van der Waals surface area (Å²) in [5, 5.41) is 0. The van der Waals surface area contributed by atoms with E-state index in [1.54, 1.807) is 0 Å². The van der Waals surface area contributed by atoms with Gasteiger partial charge in [-0.05, 0) is 30.5 Å². The van der Waals surface area contributed by atoms with E-state index in [4.69, 9.17) is 25.8 Å². The first-order valence-corrected chi connectivity index (χ1v) is 7.23. The molecule has 0 heterocycles. The highest BCUT2D eigenvalue weighted by Crippen LogP contribution is 2.29. The van der Waals surface area contributed by atoms with Gasteiger partial charge in [-0.25, -0.2) is 0 Å². The Bertz CT molecular complexity index is 366. The van der Waals surface area contributed by atoms with Crippen molar-refractivity contribution in [3.8, 4) is 11.5 Å². The lowest BCUT2D eigenvalue weighted by molar-refractivity contribution is 0.0808. The van der Waals surface area contributed by atoms with Gasteiger partial charge in [-0.1, -0.05) is 19.9 Å². The molecule has 1 aromatic rings. The molecule has 0 aliphatic carbocycles. The second-order valence-corrected chi connectivity index (χ2v) is 4.93. The van der Waals surface area contributed by atoms with Gasteiger partial charge in [0.05, 0.1) is 13.2 Å². The van der Waals surface area contributed by atoms with E-state index in [-0.39, 0.29) is 0 Å². The van der Waals surface area contributed by atoms with Crippen molar-refractivity contribution in [3.63, 3.8) is 0 Å². The molecule has 0 bridgehead atoms. The average molecular weight is 287 g/mol. The van der Waals surface area contributed by atoms with Crippen molar-refractivity contribution < 1.29 is 14.2 Å². The highest BCUT2D eigenvalue weighted by atomic mass is 35.5. The van der Waals surface area contributed by atoms with Crippen molar-refractivity contribution in [2.45, 2.75) is 26.7 Å². The van der Waals surface area contributed by atoms with Gasteiger partial charge in [0.25, 0.3) is 0 Å². The van der Waals surface area contributed by atoms with Crippen LogP contribution in [0.2, 0.25) is 0 Å². The topological polar surface area (TPSA) is 27.7 Å². The molecule has 0 aliphatic rings. The lowest BCUT2D eigenvalue weighted by Gasteiger charge is -2.13. The van der Waals surface area contributed by atoms with E-state index >= 15 is 0 Å². The molecule has 4 heteroatoms. The van der Waals surface area contributed by atoms with Gasteiger partial charge < -0.3 is 14.2 Å². The fourth-order valence-corrected chi connectivity index (χ4v) is 1.72. The predicted octanol–water partition coefficient (Wildman–Crippen LogP) is 3.88. The van der Waals surface area contributed by atoms with Crippen LogP contribution in [0.4, 0.5) is 0 Å². The highest BCUT2D eigenvalue weighted by Gasteiger charge is 2.06. The molecule has 0 unspecified atom stereocenters. The van der Waals surface area contributed by atoms with Crippen LogP contribution in [-0.4, -0.2) is 26.4 Å². The number of rotatable bonds is 9. The van der Waals surface area contributed by atoms with E-state index in [0.29, 0.717) is 31.6 Å². The first-order valence-electron chi connectivity index (χ1n) is 6.69. The number of alkyl halides is 1. The fourth-order valence-electron chi connectivity index (χ4n) is 1.55. The van der Waals surface area contributed by atoms with Crippen LogP contribution in [0.15, 0.2) is 18.2 Å².